The van der Waals surface area contributed by atoms with Crippen LogP contribution in [-0.2, 0) is 0 Å². The van der Waals surface area contributed by atoms with Gasteiger partial charge < -0.3 is 0 Å². The van der Waals surface area contributed by atoms with Gasteiger partial charge in [-0.3, -0.25) is 0 Å². The fourth-order valence-electron chi connectivity index (χ4n) is 4.68. The molecule has 1 heteroatoms. The van der Waals surface area contributed by atoms with Crippen LogP contribution in [-0.4, -0.2) is 8.80 Å². The van der Waals surface area contributed by atoms with Gasteiger partial charge in [-0.05, 0) is 36.1 Å². The van der Waals surface area contributed by atoms with Crippen LogP contribution >= 0.6 is 0 Å². The van der Waals surface area contributed by atoms with Gasteiger partial charge in [0.05, 0.1) is 0 Å². The molecule has 0 nitrogen and oxygen atoms in total. The Kier molecular flexibility index (Phi) is 7.02. The molecule has 4 unspecified atom stereocenters. The summed E-state index contributed by atoms with van der Waals surface area (Å²) < 4.78 is 0. The molecule has 0 aromatic heterocycles. The van der Waals surface area contributed by atoms with Crippen LogP contribution in [0.15, 0.2) is 37.0 Å². The summed E-state index contributed by atoms with van der Waals surface area (Å²) in [7, 11) is -0.598. The molecule has 118 valence electrons. The van der Waals surface area contributed by atoms with Crippen LogP contribution in [0.25, 0.3) is 0 Å². The second kappa shape index (κ2) is 8.78. The van der Waals surface area contributed by atoms with Gasteiger partial charge in [-0.2, -0.15) is 0 Å². The number of rotatable bonds is 9. The molecule has 0 radical (unpaired) electrons. The molecule has 0 saturated heterocycles. The van der Waals surface area contributed by atoms with E-state index >= 15 is 0 Å². The maximum atomic E-state index is 4.00. The van der Waals surface area contributed by atoms with Crippen molar-refractivity contribution in [1.82, 2.24) is 0 Å². The minimum absolute atomic E-state index is 0.598. The Morgan fingerprint density at radius 3 is 2.24 bits per heavy atom. The number of allylic oxidation sites excluding steroid dienone is 5. The molecule has 0 N–H and O–H groups in total. The largest absolute Gasteiger partial charge is 0.103 e. The summed E-state index contributed by atoms with van der Waals surface area (Å²) in [5.41, 5.74) is 1.05. The monoisotopic (exact) mass is 302 g/mol. The maximum Gasteiger partial charge on any atom is 0.0405 e. The normalized spacial score (nSPS) is 30.8. The third-order valence-corrected chi connectivity index (χ3v) is 9.99. The molecule has 2 rings (SSSR count). The zero-order valence-electron chi connectivity index (χ0n) is 14.1. The molecule has 1 fully saturated rings. The zero-order chi connectivity index (χ0) is 15.1. The van der Waals surface area contributed by atoms with Gasteiger partial charge in [-0.15, -0.1) is 6.58 Å². The van der Waals surface area contributed by atoms with Crippen molar-refractivity contribution in [1.29, 1.82) is 0 Å². The fourth-order valence-corrected chi connectivity index (χ4v) is 9.44. The van der Waals surface area contributed by atoms with Crippen LogP contribution in [0.4, 0.5) is 0 Å². The van der Waals surface area contributed by atoms with Crippen LogP contribution in [0.5, 0.6) is 0 Å². The van der Waals surface area contributed by atoms with Crippen LogP contribution in [0.3, 0.4) is 0 Å². The van der Waals surface area contributed by atoms with Gasteiger partial charge in [0, 0.05) is 8.80 Å². The van der Waals surface area contributed by atoms with Gasteiger partial charge in [0.15, 0.2) is 0 Å². The van der Waals surface area contributed by atoms with Crippen molar-refractivity contribution in [3.63, 3.8) is 0 Å². The summed E-state index contributed by atoms with van der Waals surface area (Å²) in [6.07, 6.45) is 20.2. The lowest BCUT2D eigenvalue weighted by Gasteiger charge is -2.29. The average molecular weight is 303 g/mol. The summed E-state index contributed by atoms with van der Waals surface area (Å²) in [6, 6.07) is 3.17. The fraction of sp³-hybridized carbons (Fsp3) is 0.700. The summed E-state index contributed by atoms with van der Waals surface area (Å²) in [5, 5.41) is 0. The first-order valence-electron chi connectivity index (χ1n) is 9.27. The van der Waals surface area contributed by atoms with Gasteiger partial charge in [-0.1, -0.05) is 82.0 Å². The van der Waals surface area contributed by atoms with Crippen molar-refractivity contribution in [2.24, 2.45) is 17.8 Å². The highest BCUT2D eigenvalue weighted by molar-refractivity contribution is 6.60. The van der Waals surface area contributed by atoms with Gasteiger partial charge in [0.2, 0.25) is 0 Å². The Bertz CT molecular complexity index is 360. The van der Waals surface area contributed by atoms with Crippen LogP contribution in [0.1, 0.15) is 52.4 Å². The molecule has 2 aliphatic rings. The SMILES string of the molecule is C=CCC1CC([SiH](CCCC)CCCC)C2C=CC=CC12. The second-order valence-corrected chi connectivity index (χ2v) is 10.7. The van der Waals surface area contributed by atoms with E-state index in [-0.39, 0.29) is 0 Å². The highest BCUT2D eigenvalue weighted by Crippen LogP contribution is 2.52. The highest BCUT2D eigenvalue weighted by atomic mass is 28.3. The number of unbranched alkanes of at least 4 members (excludes halogenated alkanes) is 2. The Morgan fingerprint density at radius 1 is 1.05 bits per heavy atom. The summed E-state index contributed by atoms with van der Waals surface area (Å²) in [5.74, 6) is 2.55. The molecule has 0 amide bonds. The number of fused-ring (bicyclic) bond motifs is 1. The van der Waals surface area contributed by atoms with E-state index in [4.69, 9.17) is 0 Å². The van der Waals surface area contributed by atoms with Gasteiger partial charge in [-0.25, -0.2) is 0 Å². The lowest BCUT2D eigenvalue weighted by molar-refractivity contribution is 0.423. The minimum atomic E-state index is -0.598. The molecule has 0 aliphatic heterocycles. The molecule has 0 heterocycles. The molecular weight excluding hydrogens is 268 g/mol. The third kappa shape index (κ3) is 4.22. The van der Waals surface area contributed by atoms with Gasteiger partial charge in [0.1, 0.15) is 0 Å². The molecule has 0 aromatic rings. The number of hydrogen-bond donors (Lipinski definition) is 0. The van der Waals surface area contributed by atoms with E-state index in [1.165, 1.54) is 38.5 Å². The van der Waals surface area contributed by atoms with E-state index in [0.717, 1.165) is 23.3 Å². The summed E-state index contributed by atoms with van der Waals surface area (Å²) in [6.45, 7) is 8.71. The van der Waals surface area contributed by atoms with E-state index in [1.54, 1.807) is 12.1 Å². The second-order valence-electron chi connectivity index (χ2n) is 7.15. The predicted molar refractivity (Wildman–Crippen MR) is 98.5 cm³/mol. The number of hydrogen-bond acceptors (Lipinski definition) is 0. The van der Waals surface area contributed by atoms with E-state index in [9.17, 15) is 0 Å². The Hall–Kier alpha value is -0.563. The van der Waals surface area contributed by atoms with Crippen molar-refractivity contribution in [2.75, 3.05) is 0 Å². The van der Waals surface area contributed by atoms with E-state index in [2.05, 4.69) is 50.8 Å². The van der Waals surface area contributed by atoms with Crippen molar-refractivity contribution < 1.29 is 0 Å². The first-order valence-corrected chi connectivity index (χ1v) is 11.6. The van der Waals surface area contributed by atoms with Crippen molar-refractivity contribution in [3.8, 4) is 0 Å². The Labute approximate surface area is 134 Å². The van der Waals surface area contributed by atoms with E-state index in [1.807, 2.05) is 0 Å². The van der Waals surface area contributed by atoms with Gasteiger partial charge in [0.25, 0.3) is 0 Å². The molecule has 0 aromatic carbocycles. The predicted octanol–water partition coefficient (Wildman–Crippen LogP) is 6.14. The lowest BCUT2D eigenvalue weighted by Crippen LogP contribution is -2.25. The van der Waals surface area contributed by atoms with Crippen LogP contribution < -0.4 is 0 Å². The molecule has 2 aliphatic carbocycles. The van der Waals surface area contributed by atoms with Crippen LogP contribution in [0.2, 0.25) is 17.6 Å². The molecular formula is C20H34Si. The first kappa shape index (κ1) is 16.8. The zero-order valence-corrected chi connectivity index (χ0v) is 15.3. The Morgan fingerprint density at radius 2 is 1.67 bits per heavy atom. The summed E-state index contributed by atoms with van der Waals surface area (Å²) >= 11 is 0. The first-order chi connectivity index (χ1) is 10.3. The standard InChI is InChI=1S/C20H34Si/c1-4-7-14-21(15-8-5-2)20-16-17(11-6-3)18-12-9-10-13-19(18)20/h6,9-10,12-13,17-21H,3-5,7-8,11,14-16H2,1-2H3. The third-order valence-electron chi connectivity index (χ3n) is 5.77. The minimum Gasteiger partial charge on any atom is -0.103 e. The maximum absolute atomic E-state index is 4.00. The lowest BCUT2D eigenvalue weighted by atomic mass is 9.85. The molecule has 0 spiro atoms. The quantitative estimate of drug-likeness (QED) is 0.354. The van der Waals surface area contributed by atoms with Crippen molar-refractivity contribution in [3.05, 3.63) is 37.0 Å². The van der Waals surface area contributed by atoms with E-state index in [0.29, 0.717) is 0 Å². The highest BCUT2D eigenvalue weighted by Gasteiger charge is 2.43. The van der Waals surface area contributed by atoms with Gasteiger partial charge >= 0.3 is 0 Å². The van der Waals surface area contributed by atoms with Crippen molar-refractivity contribution >= 4 is 8.80 Å². The van der Waals surface area contributed by atoms with Crippen molar-refractivity contribution in [2.45, 2.75) is 70.0 Å². The molecule has 1 saturated carbocycles. The topological polar surface area (TPSA) is 0 Å². The smallest absolute Gasteiger partial charge is 0.0405 e. The summed E-state index contributed by atoms with van der Waals surface area (Å²) in [4.78, 5) is 0. The van der Waals surface area contributed by atoms with E-state index < -0.39 is 8.80 Å². The van der Waals surface area contributed by atoms with Crippen LogP contribution in [0, 0.1) is 17.8 Å². The Balaban J connectivity index is 2.08. The molecule has 0 bridgehead atoms. The average Bonchev–Trinajstić information content (AvgIpc) is 2.87. The molecule has 4 atom stereocenters. The molecule has 21 heavy (non-hydrogen) atoms.